The number of anilines is 3. The second-order valence-corrected chi connectivity index (χ2v) is 14.9. The van der Waals surface area contributed by atoms with Gasteiger partial charge in [-0.1, -0.05) is 182 Å². The summed E-state index contributed by atoms with van der Waals surface area (Å²) in [4.78, 5) is 2.38. The first-order valence-electron chi connectivity index (χ1n) is 19.8. The molecule has 0 aliphatic heterocycles. The minimum atomic E-state index is 0.883. The Labute approximate surface area is 337 Å². The Hall–Kier alpha value is -7.68. The van der Waals surface area contributed by atoms with Gasteiger partial charge in [-0.3, -0.25) is 0 Å². The van der Waals surface area contributed by atoms with Crippen molar-refractivity contribution in [2.45, 2.75) is 0 Å². The van der Waals surface area contributed by atoms with Crippen molar-refractivity contribution < 1.29 is 4.42 Å². The van der Waals surface area contributed by atoms with Crippen LogP contribution >= 0.6 is 0 Å². The van der Waals surface area contributed by atoms with Crippen LogP contribution in [0.25, 0.3) is 88.0 Å². The summed E-state index contributed by atoms with van der Waals surface area (Å²) >= 11 is 0. The highest BCUT2D eigenvalue weighted by molar-refractivity contribution is 6.19. The predicted molar refractivity (Wildman–Crippen MR) is 245 cm³/mol. The van der Waals surface area contributed by atoms with Crippen molar-refractivity contribution in [1.82, 2.24) is 0 Å². The predicted octanol–water partition coefficient (Wildman–Crippen LogP) is 16.0. The van der Waals surface area contributed by atoms with Crippen LogP contribution in [-0.2, 0) is 0 Å². The minimum absolute atomic E-state index is 0.883. The van der Waals surface area contributed by atoms with Crippen LogP contribution in [0.5, 0.6) is 0 Å². The van der Waals surface area contributed by atoms with Crippen molar-refractivity contribution in [3.8, 4) is 44.5 Å². The normalized spacial score (nSPS) is 11.4. The van der Waals surface area contributed by atoms with Gasteiger partial charge in [-0.15, -0.1) is 0 Å². The third-order valence-corrected chi connectivity index (χ3v) is 11.5. The summed E-state index contributed by atoms with van der Waals surface area (Å²) in [5.74, 6) is 0. The van der Waals surface area contributed by atoms with E-state index in [4.69, 9.17) is 4.42 Å². The molecule has 58 heavy (non-hydrogen) atoms. The summed E-state index contributed by atoms with van der Waals surface area (Å²) in [5.41, 5.74) is 14.5. The van der Waals surface area contributed by atoms with E-state index in [-0.39, 0.29) is 0 Å². The molecule has 1 heterocycles. The molecule has 272 valence electrons. The fourth-order valence-corrected chi connectivity index (χ4v) is 8.66. The molecule has 11 aromatic rings. The van der Waals surface area contributed by atoms with Crippen LogP contribution in [0.15, 0.2) is 229 Å². The third-order valence-electron chi connectivity index (χ3n) is 11.5. The fraction of sp³-hybridized carbons (Fsp3) is 0. The van der Waals surface area contributed by atoms with Crippen LogP contribution in [0.3, 0.4) is 0 Å². The van der Waals surface area contributed by atoms with Crippen molar-refractivity contribution in [1.29, 1.82) is 0 Å². The van der Waals surface area contributed by atoms with Crippen LogP contribution in [0.4, 0.5) is 17.1 Å². The molecule has 10 aromatic carbocycles. The van der Waals surface area contributed by atoms with Crippen molar-refractivity contribution in [3.05, 3.63) is 224 Å². The van der Waals surface area contributed by atoms with Gasteiger partial charge in [-0.2, -0.15) is 0 Å². The largest absolute Gasteiger partial charge is 0.455 e. The minimum Gasteiger partial charge on any atom is -0.455 e. The van der Waals surface area contributed by atoms with E-state index >= 15 is 0 Å². The molecule has 0 spiro atoms. The lowest BCUT2D eigenvalue weighted by Gasteiger charge is -2.28. The van der Waals surface area contributed by atoms with Gasteiger partial charge in [0.05, 0.1) is 5.69 Å². The molecule has 2 heteroatoms. The summed E-state index contributed by atoms with van der Waals surface area (Å²) in [5, 5.41) is 7.06. The molecule has 0 fully saturated rings. The van der Waals surface area contributed by atoms with Gasteiger partial charge in [-0.25, -0.2) is 0 Å². The molecule has 1 aromatic heterocycles. The van der Waals surface area contributed by atoms with Crippen molar-refractivity contribution in [3.63, 3.8) is 0 Å². The van der Waals surface area contributed by atoms with Gasteiger partial charge in [0.15, 0.2) is 0 Å². The molecule has 0 saturated carbocycles. The maximum absolute atomic E-state index is 6.65. The number of hydrogen-bond acceptors (Lipinski definition) is 2. The molecule has 0 saturated heterocycles. The van der Waals surface area contributed by atoms with E-state index in [1.807, 2.05) is 0 Å². The average Bonchev–Trinajstić information content (AvgIpc) is 3.70. The van der Waals surface area contributed by atoms with Crippen LogP contribution in [0.2, 0.25) is 0 Å². The van der Waals surface area contributed by atoms with E-state index in [9.17, 15) is 0 Å². The summed E-state index contributed by atoms with van der Waals surface area (Å²) in [6, 6.07) is 80.6. The fourth-order valence-electron chi connectivity index (χ4n) is 8.66. The Morgan fingerprint density at radius 2 is 0.793 bits per heavy atom. The number of fused-ring (bicyclic) bond motifs is 6. The quantitative estimate of drug-likeness (QED) is 0.162. The molecule has 11 rings (SSSR count). The highest BCUT2D eigenvalue weighted by Gasteiger charge is 2.21. The Morgan fingerprint density at radius 1 is 0.293 bits per heavy atom. The van der Waals surface area contributed by atoms with E-state index in [1.54, 1.807) is 0 Å². The van der Waals surface area contributed by atoms with Crippen LogP contribution in [-0.4, -0.2) is 0 Å². The van der Waals surface area contributed by atoms with Crippen molar-refractivity contribution in [2.75, 3.05) is 4.90 Å². The van der Waals surface area contributed by atoms with Crippen molar-refractivity contribution in [2.24, 2.45) is 0 Å². The number of para-hydroxylation sites is 1. The monoisotopic (exact) mass is 739 g/mol. The molecular formula is C56H37NO. The lowest BCUT2D eigenvalue weighted by atomic mass is 9.95. The highest BCUT2D eigenvalue weighted by Crippen LogP contribution is 2.46. The number of furan rings is 1. The first-order valence-corrected chi connectivity index (χ1v) is 19.8. The van der Waals surface area contributed by atoms with Gasteiger partial charge >= 0.3 is 0 Å². The smallest absolute Gasteiger partial charge is 0.143 e. The van der Waals surface area contributed by atoms with Gasteiger partial charge in [-0.05, 0) is 97.6 Å². The number of hydrogen-bond donors (Lipinski definition) is 0. The van der Waals surface area contributed by atoms with E-state index in [0.29, 0.717) is 0 Å². The molecule has 0 aliphatic carbocycles. The topological polar surface area (TPSA) is 16.4 Å². The zero-order valence-electron chi connectivity index (χ0n) is 31.7. The Bertz CT molecular complexity index is 3250. The van der Waals surface area contributed by atoms with Gasteiger partial charge in [0.1, 0.15) is 11.2 Å². The molecule has 0 amide bonds. The highest BCUT2D eigenvalue weighted by atomic mass is 16.3. The van der Waals surface area contributed by atoms with Crippen LogP contribution < -0.4 is 4.90 Å². The Kier molecular flexibility index (Phi) is 8.19. The molecule has 2 nitrogen and oxygen atoms in total. The molecule has 0 unspecified atom stereocenters. The second kappa shape index (κ2) is 14.1. The first kappa shape index (κ1) is 33.6. The van der Waals surface area contributed by atoms with E-state index in [0.717, 1.165) is 55.5 Å². The van der Waals surface area contributed by atoms with Gasteiger partial charge < -0.3 is 9.32 Å². The Balaban J connectivity index is 1.02. The second-order valence-electron chi connectivity index (χ2n) is 14.9. The maximum atomic E-state index is 6.65. The zero-order chi connectivity index (χ0) is 38.4. The number of rotatable bonds is 7. The number of nitrogens with zero attached hydrogens (tertiary/aromatic N) is 1. The molecule has 0 radical (unpaired) electrons. The molecule has 0 aliphatic rings. The number of benzene rings is 10. The average molecular weight is 740 g/mol. The Morgan fingerprint density at radius 3 is 1.52 bits per heavy atom. The zero-order valence-corrected chi connectivity index (χ0v) is 31.7. The van der Waals surface area contributed by atoms with E-state index < -0.39 is 0 Å². The molecular weight excluding hydrogens is 703 g/mol. The standard InChI is InChI=1S/C56H37NO/c1-2-12-38(13-3-1)40-28-33-45(34-29-40)57(46-35-30-41(31-36-46)39-24-26-44(27-25-39)48-20-10-16-42-14-4-6-17-47(42)48)53-22-9-8-19-50(53)51-21-11-23-54-55(51)52-37-32-43-15-5-7-18-49(43)56(52)58-54/h1-37H. The lowest BCUT2D eigenvalue weighted by Crippen LogP contribution is -2.11. The van der Waals surface area contributed by atoms with Crippen LogP contribution in [0.1, 0.15) is 0 Å². The molecule has 0 atom stereocenters. The summed E-state index contributed by atoms with van der Waals surface area (Å²) in [6.07, 6.45) is 0. The van der Waals surface area contributed by atoms with Gasteiger partial charge in [0.2, 0.25) is 0 Å². The van der Waals surface area contributed by atoms with Crippen LogP contribution in [0, 0.1) is 0 Å². The SMILES string of the molecule is c1ccc(-c2ccc(N(c3ccc(-c4ccc(-c5cccc6ccccc56)cc4)cc3)c3ccccc3-c3cccc4oc5c6ccccc6ccc5c34)cc2)cc1. The van der Waals surface area contributed by atoms with Gasteiger partial charge in [0.25, 0.3) is 0 Å². The molecule has 0 N–H and O–H groups in total. The third kappa shape index (κ3) is 5.82. The van der Waals surface area contributed by atoms with E-state index in [2.05, 4.69) is 229 Å². The maximum Gasteiger partial charge on any atom is 0.143 e. The summed E-state index contributed by atoms with van der Waals surface area (Å²) in [6.45, 7) is 0. The summed E-state index contributed by atoms with van der Waals surface area (Å²) < 4.78 is 6.65. The van der Waals surface area contributed by atoms with Crippen molar-refractivity contribution >= 4 is 60.5 Å². The summed E-state index contributed by atoms with van der Waals surface area (Å²) in [7, 11) is 0. The van der Waals surface area contributed by atoms with Gasteiger partial charge in [0, 0.05) is 33.1 Å². The molecule has 0 bridgehead atoms. The first-order chi connectivity index (χ1) is 28.8. The van der Waals surface area contributed by atoms with E-state index in [1.165, 1.54) is 49.5 Å². The lowest BCUT2D eigenvalue weighted by molar-refractivity contribution is 0.673.